The smallest absolute Gasteiger partial charge is 0.409 e. The number of likely N-dealkylation sites (N-methyl/N-ethyl adjacent to an activating group) is 1. The predicted molar refractivity (Wildman–Crippen MR) is 48.0 cm³/mol. The molecule has 0 atom stereocenters. The van der Waals surface area contributed by atoms with Crippen LogP contribution in [-0.4, -0.2) is 66.8 Å². The van der Waals surface area contributed by atoms with Crippen molar-refractivity contribution in [2.75, 3.05) is 33.8 Å². The van der Waals surface area contributed by atoms with Gasteiger partial charge in [-0.15, -0.1) is 0 Å². The van der Waals surface area contributed by atoms with Crippen LogP contribution >= 0.6 is 0 Å². The number of rotatable bonds is 3. The van der Waals surface area contributed by atoms with Gasteiger partial charge in [-0.3, -0.25) is 9.69 Å². The number of hydrogen-bond acceptors (Lipinski definition) is 4. The molecule has 80 valence electrons. The first kappa shape index (κ1) is 10.8. The lowest BCUT2D eigenvalue weighted by atomic mass is 10.1. The van der Waals surface area contributed by atoms with E-state index >= 15 is 0 Å². The Bertz CT molecular complexity index is 237. The van der Waals surface area contributed by atoms with E-state index in [1.165, 1.54) is 12.0 Å². The number of ether oxygens (including phenoxy) is 1. The Labute approximate surface area is 82.0 Å². The SMILES string of the molecule is COC(=O)N1CC(N(C)CC(=O)O)C1. The minimum atomic E-state index is -0.857. The second-order valence-corrected chi connectivity index (χ2v) is 3.34. The zero-order valence-electron chi connectivity index (χ0n) is 8.27. The number of methoxy groups -OCH3 is 1. The third kappa shape index (κ3) is 2.35. The summed E-state index contributed by atoms with van der Waals surface area (Å²) in [5, 5.41) is 8.53. The molecule has 1 amide bonds. The van der Waals surface area contributed by atoms with E-state index in [-0.39, 0.29) is 18.7 Å². The van der Waals surface area contributed by atoms with Crippen molar-refractivity contribution in [1.82, 2.24) is 9.80 Å². The molecule has 1 rings (SSSR count). The summed E-state index contributed by atoms with van der Waals surface area (Å²) in [6, 6.07) is 0.130. The van der Waals surface area contributed by atoms with Gasteiger partial charge in [0.15, 0.2) is 0 Å². The van der Waals surface area contributed by atoms with Crippen LogP contribution in [0.3, 0.4) is 0 Å². The minimum Gasteiger partial charge on any atom is -0.480 e. The Hall–Kier alpha value is -1.30. The number of carbonyl (C=O) groups excluding carboxylic acids is 1. The lowest BCUT2D eigenvalue weighted by Gasteiger charge is -2.42. The molecule has 0 aromatic carbocycles. The monoisotopic (exact) mass is 202 g/mol. The van der Waals surface area contributed by atoms with Crippen molar-refractivity contribution < 1.29 is 19.4 Å². The van der Waals surface area contributed by atoms with Crippen molar-refractivity contribution in [2.24, 2.45) is 0 Å². The normalized spacial score (nSPS) is 16.6. The van der Waals surface area contributed by atoms with Crippen molar-refractivity contribution in [3.05, 3.63) is 0 Å². The highest BCUT2D eigenvalue weighted by Crippen LogP contribution is 2.13. The Kier molecular flexibility index (Phi) is 3.29. The van der Waals surface area contributed by atoms with Gasteiger partial charge < -0.3 is 14.7 Å². The molecule has 1 aliphatic rings. The summed E-state index contributed by atoms with van der Waals surface area (Å²) >= 11 is 0. The standard InChI is InChI=1S/C8H14N2O4/c1-9(5-7(11)12)6-3-10(4-6)8(13)14-2/h6H,3-5H2,1-2H3,(H,11,12). The number of carboxylic acids is 1. The van der Waals surface area contributed by atoms with Gasteiger partial charge in [-0.2, -0.15) is 0 Å². The summed E-state index contributed by atoms with van der Waals surface area (Å²) in [5.41, 5.74) is 0. The van der Waals surface area contributed by atoms with Crippen LogP contribution in [0.15, 0.2) is 0 Å². The molecule has 0 unspecified atom stereocenters. The molecule has 0 saturated carbocycles. The van der Waals surface area contributed by atoms with Crippen molar-refractivity contribution >= 4 is 12.1 Å². The zero-order valence-corrected chi connectivity index (χ0v) is 8.27. The average Bonchev–Trinajstić information content (AvgIpc) is 1.99. The second kappa shape index (κ2) is 4.28. The summed E-state index contributed by atoms with van der Waals surface area (Å²) in [6.07, 6.45) is -0.357. The molecule has 0 aromatic heterocycles. The lowest BCUT2D eigenvalue weighted by Crippen LogP contribution is -2.60. The molecule has 0 radical (unpaired) electrons. The third-order valence-electron chi connectivity index (χ3n) is 2.30. The quantitative estimate of drug-likeness (QED) is 0.665. The van der Waals surface area contributed by atoms with Gasteiger partial charge >= 0.3 is 12.1 Å². The number of aliphatic carboxylic acids is 1. The van der Waals surface area contributed by atoms with Crippen molar-refractivity contribution in [2.45, 2.75) is 6.04 Å². The fourth-order valence-electron chi connectivity index (χ4n) is 1.35. The van der Waals surface area contributed by atoms with Crippen molar-refractivity contribution in [3.8, 4) is 0 Å². The molecule has 6 heteroatoms. The van der Waals surface area contributed by atoms with Crippen LogP contribution in [0.5, 0.6) is 0 Å². The van der Waals surface area contributed by atoms with E-state index in [2.05, 4.69) is 4.74 Å². The predicted octanol–water partition coefficient (Wildman–Crippen LogP) is -0.547. The maximum Gasteiger partial charge on any atom is 0.409 e. The molecule has 0 spiro atoms. The number of carbonyl (C=O) groups is 2. The Balaban J connectivity index is 2.26. The molecule has 1 N–H and O–H groups in total. The maximum atomic E-state index is 11.0. The van der Waals surface area contributed by atoms with E-state index in [0.717, 1.165) is 0 Å². The van der Waals surface area contributed by atoms with Gasteiger partial charge in [0.25, 0.3) is 0 Å². The molecule has 1 saturated heterocycles. The van der Waals surface area contributed by atoms with E-state index in [0.29, 0.717) is 13.1 Å². The van der Waals surface area contributed by atoms with Gasteiger partial charge in [-0.25, -0.2) is 4.79 Å². The Morgan fingerprint density at radius 3 is 2.57 bits per heavy atom. The van der Waals surface area contributed by atoms with Gasteiger partial charge in [-0.1, -0.05) is 0 Å². The average molecular weight is 202 g/mol. The van der Waals surface area contributed by atoms with Crippen molar-refractivity contribution in [3.63, 3.8) is 0 Å². The van der Waals surface area contributed by atoms with Gasteiger partial charge in [0.2, 0.25) is 0 Å². The van der Waals surface area contributed by atoms with Crippen LogP contribution in [0.1, 0.15) is 0 Å². The van der Waals surface area contributed by atoms with Gasteiger partial charge in [0.1, 0.15) is 0 Å². The molecule has 0 bridgehead atoms. The zero-order chi connectivity index (χ0) is 10.7. The first-order chi connectivity index (χ1) is 6.54. The van der Waals surface area contributed by atoms with Gasteiger partial charge in [0.05, 0.1) is 13.7 Å². The van der Waals surface area contributed by atoms with Gasteiger partial charge in [0, 0.05) is 19.1 Å². The molecule has 1 heterocycles. The van der Waals surface area contributed by atoms with Crippen LogP contribution < -0.4 is 0 Å². The maximum absolute atomic E-state index is 11.0. The first-order valence-electron chi connectivity index (χ1n) is 4.29. The largest absolute Gasteiger partial charge is 0.480 e. The fourth-order valence-corrected chi connectivity index (χ4v) is 1.35. The first-order valence-corrected chi connectivity index (χ1v) is 4.29. The number of likely N-dealkylation sites (tertiary alicyclic amines) is 1. The topological polar surface area (TPSA) is 70.1 Å². The Morgan fingerprint density at radius 1 is 1.57 bits per heavy atom. The summed E-state index contributed by atoms with van der Waals surface area (Å²) in [6.45, 7) is 1.08. The highest BCUT2D eigenvalue weighted by molar-refractivity contribution is 5.70. The molecular formula is C8H14N2O4. The summed E-state index contributed by atoms with van der Waals surface area (Å²) in [5.74, 6) is -0.857. The molecule has 0 aliphatic carbocycles. The highest BCUT2D eigenvalue weighted by atomic mass is 16.5. The summed E-state index contributed by atoms with van der Waals surface area (Å²) in [7, 11) is 3.06. The lowest BCUT2D eigenvalue weighted by molar-refractivity contribution is -0.139. The van der Waals surface area contributed by atoms with Crippen LogP contribution in [0.2, 0.25) is 0 Å². The number of amides is 1. The molecule has 1 aliphatic heterocycles. The number of nitrogens with zero attached hydrogens (tertiary/aromatic N) is 2. The van der Waals surface area contributed by atoms with Crippen LogP contribution in [-0.2, 0) is 9.53 Å². The highest BCUT2D eigenvalue weighted by Gasteiger charge is 2.34. The van der Waals surface area contributed by atoms with Crippen LogP contribution in [0, 0.1) is 0 Å². The second-order valence-electron chi connectivity index (χ2n) is 3.34. The minimum absolute atomic E-state index is 0.000318. The van der Waals surface area contributed by atoms with Gasteiger partial charge in [-0.05, 0) is 7.05 Å². The van der Waals surface area contributed by atoms with Crippen LogP contribution in [0.4, 0.5) is 4.79 Å². The summed E-state index contributed by atoms with van der Waals surface area (Å²) in [4.78, 5) is 24.6. The van der Waals surface area contributed by atoms with Crippen LogP contribution in [0.25, 0.3) is 0 Å². The number of carboxylic acid groups (broad SMARTS) is 1. The molecule has 1 fully saturated rings. The van der Waals surface area contributed by atoms with E-state index in [4.69, 9.17) is 5.11 Å². The Morgan fingerprint density at radius 2 is 2.14 bits per heavy atom. The third-order valence-corrected chi connectivity index (χ3v) is 2.30. The molecule has 14 heavy (non-hydrogen) atoms. The van der Waals surface area contributed by atoms with E-state index in [1.54, 1.807) is 11.9 Å². The summed E-state index contributed by atoms with van der Waals surface area (Å²) < 4.78 is 4.52. The fraction of sp³-hybridized carbons (Fsp3) is 0.750. The van der Waals surface area contributed by atoms with E-state index in [9.17, 15) is 9.59 Å². The number of hydrogen-bond donors (Lipinski definition) is 1. The van der Waals surface area contributed by atoms with E-state index in [1.807, 2.05) is 0 Å². The molecular weight excluding hydrogens is 188 g/mol. The van der Waals surface area contributed by atoms with E-state index < -0.39 is 5.97 Å². The molecule has 0 aromatic rings. The molecule has 6 nitrogen and oxygen atoms in total. The van der Waals surface area contributed by atoms with Crippen molar-refractivity contribution in [1.29, 1.82) is 0 Å².